The molecular weight excluding hydrogens is 200 g/mol. The van der Waals surface area contributed by atoms with Crippen molar-refractivity contribution in [1.29, 1.82) is 0 Å². The average Bonchev–Trinajstić information content (AvgIpc) is 2.30. The highest BCUT2D eigenvalue weighted by Crippen LogP contribution is 2.22. The minimum absolute atomic E-state index is 0.320. The number of carbonyl (C=O) groups is 1. The smallest absolute Gasteiger partial charge is 0.137 e. The van der Waals surface area contributed by atoms with Gasteiger partial charge in [-0.25, -0.2) is 0 Å². The highest BCUT2D eigenvalue weighted by atomic mass is 16.1. The highest BCUT2D eigenvalue weighted by molar-refractivity contribution is 5.81. The van der Waals surface area contributed by atoms with Gasteiger partial charge in [0.15, 0.2) is 0 Å². The normalized spacial score (nSPS) is 32.6. The lowest BCUT2D eigenvalue weighted by molar-refractivity contribution is -0.125. The van der Waals surface area contributed by atoms with Crippen LogP contribution < -0.4 is 5.32 Å². The van der Waals surface area contributed by atoms with Crippen LogP contribution in [0.4, 0.5) is 0 Å². The Kier molecular flexibility index (Phi) is 4.36. The molecule has 2 aliphatic heterocycles. The van der Waals surface area contributed by atoms with E-state index < -0.39 is 0 Å². The quantitative estimate of drug-likeness (QED) is 0.784. The molecule has 0 aromatic carbocycles. The number of rotatable bonds is 3. The van der Waals surface area contributed by atoms with Crippen molar-refractivity contribution in [2.75, 3.05) is 33.2 Å². The molecule has 1 N–H and O–H groups in total. The third-order valence-electron chi connectivity index (χ3n) is 3.97. The molecular formula is C13H24N2O. The van der Waals surface area contributed by atoms with Gasteiger partial charge in [-0.2, -0.15) is 0 Å². The molecule has 0 bridgehead atoms. The van der Waals surface area contributed by atoms with Gasteiger partial charge in [-0.3, -0.25) is 4.79 Å². The van der Waals surface area contributed by atoms with Gasteiger partial charge in [-0.15, -0.1) is 0 Å². The molecule has 2 aliphatic rings. The first kappa shape index (κ1) is 12.1. The zero-order chi connectivity index (χ0) is 11.4. The second kappa shape index (κ2) is 5.78. The van der Waals surface area contributed by atoms with Crippen molar-refractivity contribution >= 4 is 5.78 Å². The van der Waals surface area contributed by atoms with Gasteiger partial charge in [0.25, 0.3) is 0 Å². The first-order valence-electron chi connectivity index (χ1n) is 6.67. The van der Waals surface area contributed by atoms with Crippen LogP contribution in [0.3, 0.4) is 0 Å². The van der Waals surface area contributed by atoms with Gasteiger partial charge < -0.3 is 10.2 Å². The van der Waals surface area contributed by atoms with Gasteiger partial charge in [-0.05, 0) is 58.3 Å². The SMILES string of the molecule is CN1CCCC(C(=O)CC2CCCNC2)C1. The maximum absolute atomic E-state index is 12.2. The fraction of sp³-hybridized carbons (Fsp3) is 0.923. The predicted octanol–water partition coefficient (Wildman–Crippen LogP) is 1.29. The summed E-state index contributed by atoms with van der Waals surface area (Å²) in [6, 6.07) is 0. The summed E-state index contributed by atoms with van der Waals surface area (Å²) in [6.07, 6.45) is 5.59. The molecule has 0 saturated carbocycles. The second-order valence-corrected chi connectivity index (χ2v) is 5.48. The number of piperidine rings is 2. The number of hydrogen-bond acceptors (Lipinski definition) is 3. The molecule has 2 fully saturated rings. The number of nitrogens with zero attached hydrogens (tertiary/aromatic N) is 1. The highest BCUT2D eigenvalue weighted by Gasteiger charge is 2.26. The Labute approximate surface area is 98.6 Å². The van der Waals surface area contributed by atoms with Crippen molar-refractivity contribution in [2.24, 2.45) is 11.8 Å². The number of carbonyl (C=O) groups excluding carboxylic acids is 1. The first-order valence-corrected chi connectivity index (χ1v) is 6.67. The van der Waals surface area contributed by atoms with Crippen LogP contribution >= 0.6 is 0 Å². The van der Waals surface area contributed by atoms with E-state index in [0.29, 0.717) is 17.6 Å². The molecule has 0 radical (unpaired) electrons. The summed E-state index contributed by atoms with van der Waals surface area (Å²) >= 11 is 0. The minimum atomic E-state index is 0.320. The lowest BCUT2D eigenvalue weighted by Crippen LogP contribution is -2.38. The van der Waals surface area contributed by atoms with Crippen LogP contribution in [-0.4, -0.2) is 43.9 Å². The molecule has 0 aliphatic carbocycles. The van der Waals surface area contributed by atoms with Gasteiger partial charge in [0.2, 0.25) is 0 Å². The van der Waals surface area contributed by atoms with Gasteiger partial charge in [0.1, 0.15) is 5.78 Å². The van der Waals surface area contributed by atoms with E-state index in [2.05, 4.69) is 17.3 Å². The van der Waals surface area contributed by atoms with E-state index >= 15 is 0 Å². The zero-order valence-electron chi connectivity index (χ0n) is 10.4. The Balaban J connectivity index is 1.77. The van der Waals surface area contributed by atoms with Crippen molar-refractivity contribution in [3.05, 3.63) is 0 Å². The minimum Gasteiger partial charge on any atom is -0.316 e. The van der Waals surface area contributed by atoms with E-state index in [1.54, 1.807) is 0 Å². The van der Waals surface area contributed by atoms with Crippen molar-refractivity contribution in [2.45, 2.75) is 32.1 Å². The average molecular weight is 224 g/mol. The molecule has 3 nitrogen and oxygen atoms in total. The Morgan fingerprint density at radius 1 is 1.38 bits per heavy atom. The Morgan fingerprint density at radius 3 is 2.94 bits per heavy atom. The van der Waals surface area contributed by atoms with E-state index in [-0.39, 0.29) is 0 Å². The summed E-state index contributed by atoms with van der Waals surface area (Å²) in [5.74, 6) is 1.44. The van der Waals surface area contributed by atoms with E-state index in [4.69, 9.17) is 0 Å². The molecule has 0 aromatic heterocycles. The molecule has 2 unspecified atom stereocenters. The molecule has 2 saturated heterocycles. The number of nitrogens with one attached hydrogen (secondary N) is 1. The molecule has 16 heavy (non-hydrogen) atoms. The Morgan fingerprint density at radius 2 is 2.25 bits per heavy atom. The third kappa shape index (κ3) is 3.29. The van der Waals surface area contributed by atoms with Crippen molar-refractivity contribution in [1.82, 2.24) is 10.2 Å². The van der Waals surface area contributed by atoms with E-state index in [1.807, 2.05) is 0 Å². The summed E-state index contributed by atoms with van der Waals surface area (Å²) in [7, 11) is 2.13. The molecule has 0 amide bonds. The van der Waals surface area contributed by atoms with Crippen LogP contribution in [0.25, 0.3) is 0 Å². The monoisotopic (exact) mass is 224 g/mol. The summed E-state index contributed by atoms with van der Waals surface area (Å²) in [4.78, 5) is 14.5. The summed E-state index contributed by atoms with van der Waals surface area (Å²) < 4.78 is 0. The van der Waals surface area contributed by atoms with E-state index in [1.165, 1.54) is 19.3 Å². The van der Waals surface area contributed by atoms with E-state index in [0.717, 1.165) is 39.0 Å². The van der Waals surface area contributed by atoms with Crippen LogP contribution in [0.1, 0.15) is 32.1 Å². The molecule has 3 heteroatoms. The molecule has 2 atom stereocenters. The molecule has 2 heterocycles. The predicted molar refractivity (Wildman–Crippen MR) is 65.4 cm³/mol. The molecule has 0 aromatic rings. The zero-order valence-corrected chi connectivity index (χ0v) is 10.4. The summed E-state index contributed by atoms with van der Waals surface area (Å²) in [5.41, 5.74) is 0. The molecule has 2 rings (SSSR count). The Bertz CT molecular complexity index is 236. The Hall–Kier alpha value is -0.410. The lowest BCUT2D eigenvalue weighted by Gasteiger charge is -2.30. The number of ketones is 1. The fourth-order valence-electron chi connectivity index (χ4n) is 2.98. The molecule has 92 valence electrons. The standard InChI is InChI=1S/C13H24N2O/c1-15-7-3-5-12(10-15)13(16)8-11-4-2-6-14-9-11/h11-12,14H,2-10H2,1H3. The summed E-state index contributed by atoms with van der Waals surface area (Å²) in [5, 5.41) is 3.39. The topological polar surface area (TPSA) is 32.3 Å². The summed E-state index contributed by atoms with van der Waals surface area (Å²) in [6.45, 7) is 4.33. The van der Waals surface area contributed by atoms with Crippen molar-refractivity contribution < 1.29 is 4.79 Å². The molecule has 0 spiro atoms. The third-order valence-corrected chi connectivity index (χ3v) is 3.97. The first-order chi connectivity index (χ1) is 7.75. The largest absolute Gasteiger partial charge is 0.316 e. The van der Waals surface area contributed by atoms with Crippen LogP contribution in [-0.2, 0) is 4.79 Å². The number of Topliss-reactive ketones (excluding diaryl/α,β-unsaturated/α-hetero) is 1. The number of likely N-dealkylation sites (tertiary alicyclic amines) is 1. The van der Waals surface area contributed by atoms with E-state index in [9.17, 15) is 4.79 Å². The van der Waals surface area contributed by atoms with Gasteiger partial charge >= 0.3 is 0 Å². The maximum Gasteiger partial charge on any atom is 0.137 e. The maximum atomic E-state index is 12.2. The fourth-order valence-corrected chi connectivity index (χ4v) is 2.98. The van der Waals surface area contributed by atoms with Crippen LogP contribution in [0.15, 0.2) is 0 Å². The van der Waals surface area contributed by atoms with Gasteiger partial charge in [0, 0.05) is 18.9 Å². The van der Waals surface area contributed by atoms with Gasteiger partial charge in [-0.1, -0.05) is 0 Å². The van der Waals surface area contributed by atoms with Gasteiger partial charge in [0.05, 0.1) is 0 Å². The van der Waals surface area contributed by atoms with Crippen LogP contribution in [0.5, 0.6) is 0 Å². The second-order valence-electron chi connectivity index (χ2n) is 5.48. The number of hydrogen-bond donors (Lipinski definition) is 1. The van der Waals surface area contributed by atoms with Crippen LogP contribution in [0.2, 0.25) is 0 Å². The van der Waals surface area contributed by atoms with Crippen LogP contribution in [0, 0.1) is 11.8 Å². The van der Waals surface area contributed by atoms with Crippen molar-refractivity contribution in [3.8, 4) is 0 Å². The lowest BCUT2D eigenvalue weighted by atomic mass is 9.86. The van der Waals surface area contributed by atoms with Crippen molar-refractivity contribution in [3.63, 3.8) is 0 Å².